The fourth-order valence-corrected chi connectivity index (χ4v) is 3.11. The second-order valence-corrected chi connectivity index (χ2v) is 6.21. The van der Waals surface area contributed by atoms with Crippen molar-refractivity contribution in [2.75, 3.05) is 5.32 Å². The van der Waals surface area contributed by atoms with Crippen LogP contribution < -0.4 is 5.32 Å². The topological polar surface area (TPSA) is 27.8 Å². The van der Waals surface area contributed by atoms with Gasteiger partial charge >= 0.3 is 0 Å². The van der Waals surface area contributed by atoms with Crippen LogP contribution in [0.4, 0.5) is 5.69 Å². The van der Waals surface area contributed by atoms with Crippen molar-refractivity contribution in [3.8, 4) is 0 Å². The minimum absolute atomic E-state index is 0.408. The number of rotatable bonds is 2. The Labute approximate surface area is 109 Å². The van der Waals surface area contributed by atoms with Crippen LogP contribution in [0, 0.1) is 5.41 Å². The molecule has 1 aliphatic carbocycles. The Kier molecular flexibility index (Phi) is 2.81. The molecule has 1 aliphatic rings. The Morgan fingerprint density at radius 1 is 1.22 bits per heavy atom. The van der Waals surface area contributed by atoms with E-state index in [2.05, 4.69) is 48.4 Å². The van der Waals surface area contributed by atoms with Crippen molar-refractivity contribution in [3.63, 3.8) is 0 Å². The van der Waals surface area contributed by atoms with E-state index < -0.39 is 0 Å². The molecule has 2 aromatic rings. The van der Waals surface area contributed by atoms with E-state index in [0.717, 1.165) is 0 Å². The lowest BCUT2D eigenvalue weighted by atomic mass is 9.73. The van der Waals surface area contributed by atoms with E-state index in [-0.39, 0.29) is 0 Å². The van der Waals surface area contributed by atoms with Gasteiger partial charge in [0.25, 0.3) is 0 Å². The summed E-state index contributed by atoms with van der Waals surface area (Å²) in [4.78, 5) is 3.24. The van der Waals surface area contributed by atoms with Gasteiger partial charge in [0, 0.05) is 28.8 Å². The lowest BCUT2D eigenvalue weighted by molar-refractivity contribution is 0.217. The van der Waals surface area contributed by atoms with E-state index in [1.807, 2.05) is 6.20 Å². The zero-order chi connectivity index (χ0) is 12.6. The molecular weight excluding hydrogens is 220 g/mol. The van der Waals surface area contributed by atoms with Crippen molar-refractivity contribution < 1.29 is 0 Å². The van der Waals surface area contributed by atoms with Crippen LogP contribution in [0.1, 0.15) is 39.5 Å². The van der Waals surface area contributed by atoms with Crippen molar-refractivity contribution >= 4 is 16.6 Å². The molecule has 18 heavy (non-hydrogen) atoms. The van der Waals surface area contributed by atoms with E-state index in [1.54, 1.807) is 0 Å². The van der Waals surface area contributed by atoms with E-state index in [9.17, 15) is 0 Å². The molecule has 1 saturated carbocycles. The van der Waals surface area contributed by atoms with Gasteiger partial charge in [0.1, 0.15) is 0 Å². The first kappa shape index (κ1) is 11.6. The molecule has 0 aliphatic heterocycles. The van der Waals surface area contributed by atoms with Crippen LogP contribution in [0.25, 0.3) is 10.9 Å². The molecule has 96 valence electrons. The normalized spacial score (nSPS) is 23.1. The molecule has 1 atom stereocenters. The predicted molar refractivity (Wildman–Crippen MR) is 78.0 cm³/mol. The third-order valence-corrected chi connectivity index (χ3v) is 4.40. The first-order valence-electron chi connectivity index (χ1n) is 6.99. The maximum Gasteiger partial charge on any atom is 0.0455 e. The summed E-state index contributed by atoms with van der Waals surface area (Å²) in [7, 11) is 0. The summed E-state index contributed by atoms with van der Waals surface area (Å²) in [5, 5.41) is 5.02. The maximum atomic E-state index is 3.74. The number of benzene rings is 1. The highest BCUT2D eigenvalue weighted by Crippen LogP contribution is 2.37. The summed E-state index contributed by atoms with van der Waals surface area (Å²) in [5.74, 6) is 0. The molecule has 0 saturated heterocycles. The highest BCUT2D eigenvalue weighted by molar-refractivity contribution is 5.83. The standard InChI is InChI=1S/C16H22N2/c1-16(2)9-4-3-5-15(16)18-13-6-7-14-12(11-13)8-10-17-14/h6-8,10-11,15,17-18H,3-5,9H2,1-2H3. The molecule has 1 heterocycles. The Morgan fingerprint density at radius 2 is 2.11 bits per heavy atom. The largest absolute Gasteiger partial charge is 0.382 e. The van der Waals surface area contributed by atoms with Gasteiger partial charge < -0.3 is 10.3 Å². The van der Waals surface area contributed by atoms with Gasteiger partial charge in [0.15, 0.2) is 0 Å². The number of H-pyrrole nitrogens is 1. The number of hydrogen-bond donors (Lipinski definition) is 2. The van der Waals surface area contributed by atoms with Crippen molar-refractivity contribution in [3.05, 3.63) is 30.5 Å². The Balaban J connectivity index is 1.82. The molecule has 2 heteroatoms. The summed E-state index contributed by atoms with van der Waals surface area (Å²) < 4.78 is 0. The van der Waals surface area contributed by atoms with Crippen LogP contribution in [0.3, 0.4) is 0 Å². The number of fused-ring (bicyclic) bond motifs is 1. The van der Waals surface area contributed by atoms with Gasteiger partial charge in [-0.15, -0.1) is 0 Å². The van der Waals surface area contributed by atoms with Gasteiger partial charge in [-0.05, 0) is 42.5 Å². The summed E-state index contributed by atoms with van der Waals surface area (Å²) in [5.41, 5.74) is 2.87. The van der Waals surface area contributed by atoms with Gasteiger partial charge in [-0.3, -0.25) is 0 Å². The average Bonchev–Trinajstić information content (AvgIpc) is 2.79. The third kappa shape index (κ3) is 2.12. The zero-order valence-corrected chi connectivity index (χ0v) is 11.3. The third-order valence-electron chi connectivity index (χ3n) is 4.40. The van der Waals surface area contributed by atoms with Crippen molar-refractivity contribution in [1.82, 2.24) is 4.98 Å². The Hall–Kier alpha value is -1.44. The monoisotopic (exact) mass is 242 g/mol. The highest BCUT2D eigenvalue weighted by Gasteiger charge is 2.31. The van der Waals surface area contributed by atoms with Gasteiger partial charge in [-0.25, -0.2) is 0 Å². The molecular formula is C16H22N2. The Bertz CT molecular complexity index is 539. The molecule has 1 aromatic carbocycles. The lowest BCUT2D eigenvalue weighted by Crippen LogP contribution is -2.38. The summed E-state index contributed by atoms with van der Waals surface area (Å²) in [6, 6.07) is 9.32. The second kappa shape index (κ2) is 4.34. The predicted octanol–water partition coefficient (Wildman–Crippen LogP) is 4.55. The summed E-state index contributed by atoms with van der Waals surface area (Å²) in [6.45, 7) is 4.78. The summed E-state index contributed by atoms with van der Waals surface area (Å²) >= 11 is 0. The molecule has 2 N–H and O–H groups in total. The molecule has 2 nitrogen and oxygen atoms in total. The molecule has 1 fully saturated rings. The first-order chi connectivity index (χ1) is 8.65. The molecule has 0 spiro atoms. The van der Waals surface area contributed by atoms with E-state index in [4.69, 9.17) is 0 Å². The molecule has 0 bridgehead atoms. The number of nitrogens with one attached hydrogen (secondary N) is 2. The Morgan fingerprint density at radius 3 is 2.94 bits per heavy atom. The van der Waals surface area contributed by atoms with Crippen LogP contribution >= 0.6 is 0 Å². The van der Waals surface area contributed by atoms with Crippen LogP contribution in [-0.4, -0.2) is 11.0 Å². The maximum absolute atomic E-state index is 3.74. The van der Waals surface area contributed by atoms with Gasteiger partial charge in [0.05, 0.1) is 0 Å². The summed E-state index contributed by atoms with van der Waals surface area (Å²) in [6.07, 6.45) is 7.35. The first-order valence-corrected chi connectivity index (χ1v) is 6.99. The number of hydrogen-bond acceptors (Lipinski definition) is 1. The highest BCUT2D eigenvalue weighted by atomic mass is 14.9. The van der Waals surface area contributed by atoms with Gasteiger partial charge in [0.2, 0.25) is 0 Å². The van der Waals surface area contributed by atoms with Crippen molar-refractivity contribution in [2.45, 2.75) is 45.6 Å². The number of anilines is 1. The number of aromatic amines is 1. The van der Waals surface area contributed by atoms with E-state index in [0.29, 0.717) is 11.5 Å². The molecule has 1 unspecified atom stereocenters. The van der Waals surface area contributed by atoms with Crippen LogP contribution in [0.5, 0.6) is 0 Å². The fraction of sp³-hybridized carbons (Fsp3) is 0.500. The van der Waals surface area contributed by atoms with Crippen LogP contribution in [-0.2, 0) is 0 Å². The van der Waals surface area contributed by atoms with Gasteiger partial charge in [-0.2, -0.15) is 0 Å². The molecule has 1 aromatic heterocycles. The zero-order valence-electron chi connectivity index (χ0n) is 11.3. The minimum atomic E-state index is 0.408. The molecule has 0 radical (unpaired) electrons. The smallest absolute Gasteiger partial charge is 0.0455 e. The van der Waals surface area contributed by atoms with Crippen molar-refractivity contribution in [1.29, 1.82) is 0 Å². The number of aromatic nitrogens is 1. The SMILES string of the molecule is CC1(C)CCCCC1Nc1ccc2[nH]ccc2c1. The van der Waals surface area contributed by atoms with Crippen LogP contribution in [0.2, 0.25) is 0 Å². The minimum Gasteiger partial charge on any atom is -0.382 e. The van der Waals surface area contributed by atoms with Gasteiger partial charge in [-0.1, -0.05) is 26.7 Å². The fourth-order valence-electron chi connectivity index (χ4n) is 3.11. The second-order valence-electron chi connectivity index (χ2n) is 6.21. The molecule has 3 rings (SSSR count). The average molecular weight is 242 g/mol. The molecule has 0 amide bonds. The van der Waals surface area contributed by atoms with Crippen LogP contribution in [0.15, 0.2) is 30.5 Å². The van der Waals surface area contributed by atoms with E-state index >= 15 is 0 Å². The lowest BCUT2D eigenvalue weighted by Gasteiger charge is -2.39. The van der Waals surface area contributed by atoms with Crippen molar-refractivity contribution in [2.24, 2.45) is 5.41 Å². The quantitative estimate of drug-likeness (QED) is 0.794. The van der Waals surface area contributed by atoms with E-state index in [1.165, 1.54) is 42.3 Å².